The van der Waals surface area contributed by atoms with Crippen molar-refractivity contribution in [3.63, 3.8) is 0 Å². The number of hydrogen-bond acceptors (Lipinski definition) is 5. The molecule has 3 aromatic carbocycles. The lowest BCUT2D eigenvalue weighted by Crippen LogP contribution is -2.48. The van der Waals surface area contributed by atoms with Gasteiger partial charge in [-0.3, -0.25) is 9.10 Å². The second kappa shape index (κ2) is 7.02. The molecule has 1 atom stereocenters. The Morgan fingerprint density at radius 1 is 1.03 bits per heavy atom. The molecule has 0 spiro atoms. The molecule has 1 aliphatic heterocycles. The molecule has 0 unspecified atom stereocenters. The van der Waals surface area contributed by atoms with Crippen molar-refractivity contribution in [3.8, 4) is 5.75 Å². The molecule has 1 aromatic heterocycles. The van der Waals surface area contributed by atoms with Gasteiger partial charge < -0.3 is 14.5 Å². The van der Waals surface area contributed by atoms with Crippen LogP contribution in [0.2, 0.25) is 0 Å². The normalized spacial score (nSPS) is 16.2. The SMILES string of the molecule is Cc1ccc2c(c1)O[C@H](C(=O)Nc1ccc3c(c1)oc1ccccc13)CN2S(C)(=O)=O. The van der Waals surface area contributed by atoms with Crippen LogP contribution in [0.3, 0.4) is 0 Å². The molecular weight excluding hydrogens is 416 g/mol. The first-order valence-corrected chi connectivity index (χ1v) is 11.6. The maximum absolute atomic E-state index is 13.0. The van der Waals surface area contributed by atoms with Gasteiger partial charge in [0.2, 0.25) is 10.0 Å². The molecule has 0 saturated carbocycles. The lowest BCUT2D eigenvalue weighted by atomic mass is 10.1. The van der Waals surface area contributed by atoms with E-state index in [0.29, 0.717) is 22.7 Å². The first kappa shape index (κ1) is 19.4. The number of para-hydroxylation sites is 1. The zero-order chi connectivity index (χ0) is 21.8. The van der Waals surface area contributed by atoms with Crippen LogP contribution < -0.4 is 14.4 Å². The topological polar surface area (TPSA) is 88.8 Å². The summed E-state index contributed by atoms with van der Waals surface area (Å²) >= 11 is 0. The van der Waals surface area contributed by atoms with Crippen molar-refractivity contribution in [1.29, 1.82) is 0 Å². The van der Waals surface area contributed by atoms with Crippen molar-refractivity contribution in [2.75, 3.05) is 22.4 Å². The Morgan fingerprint density at radius 3 is 2.61 bits per heavy atom. The lowest BCUT2D eigenvalue weighted by molar-refractivity contribution is -0.122. The highest BCUT2D eigenvalue weighted by molar-refractivity contribution is 7.92. The summed E-state index contributed by atoms with van der Waals surface area (Å²) in [6.07, 6.45) is 0.127. The molecule has 1 aliphatic rings. The second-order valence-electron chi connectivity index (χ2n) is 7.67. The van der Waals surface area contributed by atoms with E-state index in [-0.39, 0.29) is 6.54 Å². The number of aryl methyl sites for hydroxylation is 1. The lowest BCUT2D eigenvalue weighted by Gasteiger charge is -2.34. The van der Waals surface area contributed by atoms with Gasteiger partial charge in [-0.25, -0.2) is 8.42 Å². The van der Waals surface area contributed by atoms with Gasteiger partial charge in [-0.1, -0.05) is 24.3 Å². The molecule has 2 heterocycles. The molecular formula is C23H20N2O5S. The monoisotopic (exact) mass is 436 g/mol. The third kappa shape index (κ3) is 3.48. The number of ether oxygens (including phenoxy) is 1. The molecule has 8 heteroatoms. The number of anilines is 2. The van der Waals surface area contributed by atoms with E-state index in [1.54, 1.807) is 24.3 Å². The number of furan rings is 1. The number of sulfonamides is 1. The summed E-state index contributed by atoms with van der Waals surface area (Å²) in [4.78, 5) is 13.0. The minimum absolute atomic E-state index is 0.104. The van der Waals surface area contributed by atoms with Crippen LogP contribution in [0.5, 0.6) is 5.75 Å². The summed E-state index contributed by atoms with van der Waals surface area (Å²) in [7, 11) is -3.58. The Balaban J connectivity index is 1.44. The van der Waals surface area contributed by atoms with Gasteiger partial charge in [0.15, 0.2) is 6.10 Å². The Morgan fingerprint density at radius 2 is 1.81 bits per heavy atom. The van der Waals surface area contributed by atoms with Crippen LogP contribution >= 0.6 is 0 Å². The van der Waals surface area contributed by atoms with Gasteiger partial charge in [-0.2, -0.15) is 0 Å². The van der Waals surface area contributed by atoms with E-state index in [9.17, 15) is 13.2 Å². The van der Waals surface area contributed by atoms with Crippen molar-refractivity contribution in [2.24, 2.45) is 0 Å². The summed E-state index contributed by atoms with van der Waals surface area (Å²) < 4.78 is 37.6. The van der Waals surface area contributed by atoms with Crippen LogP contribution in [-0.4, -0.2) is 33.2 Å². The predicted molar refractivity (Wildman–Crippen MR) is 120 cm³/mol. The van der Waals surface area contributed by atoms with Crippen molar-refractivity contribution >= 4 is 49.2 Å². The Hall–Kier alpha value is -3.52. The molecule has 31 heavy (non-hydrogen) atoms. The Labute approximate surface area is 179 Å². The number of hydrogen-bond donors (Lipinski definition) is 1. The maximum atomic E-state index is 13.0. The fraction of sp³-hybridized carbons (Fsp3) is 0.174. The minimum Gasteiger partial charge on any atom is -0.476 e. The maximum Gasteiger partial charge on any atom is 0.267 e. The van der Waals surface area contributed by atoms with Crippen LogP contribution in [0.1, 0.15) is 5.56 Å². The van der Waals surface area contributed by atoms with Crippen molar-refractivity contribution < 1.29 is 22.4 Å². The van der Waals surface area contributed by atoms with Crippen LogP contribution in [0.4, 0.5) is 11.4 Å². The number of amides is 1. The molecule has 1 N–H and O–H groups in total. The largest absolute Gasteiger partial charge is 0.476 e. The highest BCUT2D eigenvalue weighted by atomic mass is 32.2. The predicted octanol–water partition coefficient (Wildman–Crippen LogP) is 4.06. The fourth-order valence-corrected chi connectivity index (χ4v) is 4.75. The molecule has 0 bridgehead atoms. The zero-order valence-corrected chi connectivity index (χ0v) is 17.8. The van der Waals surface area contributed by atoms with Gasteiger partial charge in [-0.15, -0.1) is 0 Å². The average Bonchev–Trinajstić information content (AvgIpc) is 3.09. The van der Waals surface area contributed by atoms with E-state index in [4.69, 9.17) is 9.15 Å². The van der Waals surface area contributed by atoms with Crippen LogP contribution in [0.25, 0.3) is 21.9 Å². The number of nitrogens with one attached hydrogen (secondary N) is 1. The summed E-state index contributed by atoms with van der Waals surface area (Å²) in [5.74, 6) is -0.0687. The number of fused-ring (bicyclic) bond motifs is 4. The van der Waals surface area contributed by atoms with Gasteiger partial charge in [0.1, 0.15) is 16.9 Å². The van der Waals surface area contributed by atoms with E-state index < -0.39 is 22.0 Å². The first-order valence-electron chi connectivity index (χ1n) is 9.77. The third-order valence-corrected chi connectivity index (χ3v) is 6.47. The Bertz CT molecular complexity index is 1440. The van der Waals surface area contributed by atoms with E-state index in [1.165, 1.54) is 4.31 Å². The molecule has 0 radical (unpaired) electrons. The summed E-state index contributed by atoms with van der Waals surface area (Å²) in [5.41, 5.74) is 3.31. The molecule has 0 aliphatic carbocycles. The summed E-state index contributed by atoms with van der Waals surface area (Å²) in [5, 5.41) is 4.78. The van der Waals surface area contributed by atoms with E-state index in [2.05, 4.69) is 5.32 Å². The quantitative estimate of drug-likeness (QED) is 0.523. The van der Waals surface area contributed by atoms with Gasteiger partial charge in [0.05, 0.1) is 18.5 Å². The second-order valence-corrected chi connectivity index (χ2v) is 9.58. The summed E-state index contributed by atoms with van der Waals surface area (Å²) in [6, 6.07) is 18.4. The number of benzene rings is 3. The average molecular weight is 436 g/mol. The molecule has 1 amide bonds. The van der Waals surface area contributed by atoms with Gasteiger partial charge >= 0.3 is 0 Å². The Kier molecular flexibility index (Phi) is 4.40. The summed E-state index contributed by atoms with van der Waals surface area (Å²) in [6.45, 7) is 1.77. The number of rotatable bonds is 3. The van der Waals surface area contributed by atoms with Crippen LogP contribution in [0, 0.1) is 6.92 Å². The van der Waals surface area contributed by atoms with Crippen LogP contribution in [-0.2, 0) is 14.8 Å². The van der Waals surface area contributed by atoms with Crippen molar-refractivity contribution in [1.82, 2.24) is 0 Å². The molecule has 0 saturated heterocycles. The standard InChI is InChI=1S/C23H20N2O5S/c1-14-7-10-18-21(11-14)30-22(13-25(18)31(2,27)28)23(26)24-15-8-9-17-16-5-3-4-6-19(16)29-20(17)12-15/h3-12,22H,13H2,1-2H3,(H,24,26)/t22-/m0/s1. The van der Waals surface area contributed by atoms with Crippen molar-refractivity contribution in [3.05, 3.63) is 66.2 Å². The number of carbonyl (C=O) groups excluding carboxylic acids is 1. The highest BCUT2D eigenvalue weighted by Crippen LogP contribution is 2.36. The van der Waals surface area contributed by atoms with Gasteiger partial charge in [-0.05, 0) is 42.8 Å². The molecule has 0 fully saturated rings. The van der Waals surface area contributed by atoms with E-state index in [1.807, 2.05) is 43.3 Å². The van der Waals surface area contributed by atoms with Gasteiger partial charge in [0.25, 0.3) is 5.91 Å². The number of carbonyl (C=O) groups is 1. The van der Waals surface area contributed by atoms with Crippen LogP contribution in [0.15, 0.2) is 65.1 Å². The third-order valence-electron chi connectivity index (χ3n) is 5.32. The molecule has 4 aromatic rings. The fourth-order valence-electron chi connectivity index (χ4n) is 3.84. The van der Waals surface area contributed by atoms with Crippen molar-refractivity contribution in [2.45, 2.75) is 13.0 Å². The molecule has 158 valence electrons. The molecule has 7 nitrogen and oxygen atoms in total. The van der Waals surface area contributed by atoms with E-state index >= 15 is 0 Å². The highest BCUT2D eigenvalue weighted by Gasteiger charge is 2.35. The zero-order valence-electron chi connectivity index (χ0n) is 17.0. The first-order chi connectivity index (χ1) is 14.8. The number of nitrogens with zero attached hydrogens (tertiary/aromatic N) is 1. The van der Waals surface area contributed by atoms with Gasteiger partial charge in [0, 0.05) is 22.5 Å². The molecule has 5 rings (SSSR count). The minimum atomic E-state index is -3.58. The van der Waals surface area contributed by atoms with E-state index in [0.717, 1.165) is 28.2 Å². The smallest absolute Gasteiger partial charge is 0.267 e.